The molecule has 1 aliphatic heterocycles. The van der Waals surface area contributed by atoms with Crippen molar-refractivity contribution >= 4 is 12.1 Å². The van der Waals surface area contributed by atoms with Crippen LogP contribution in [-0.2, 0) is 9.47 Å². The van der Waals surface area contributed by atoms with Gasteiger partial charge in [0.15, 0.2) is 0 Å². The highest BCUT2D eigenvalue weighted by atomic mass is 16.6. The van der Waals surface area contributed by atoms with E-state index in [1.54, 1.807) is 11.0 Å². The van der Waals surface area contributed by atoms with E-state index in [-0.39, 0.29) is 18.1 Å². The summed E-state index contributed by atoms with van der Waals surface area (Å²) in [6.45, 7) is 8.44. The zero-order valence-electron chi connectivity index (χ0n) is 15.6. The standard InChI is InChI=1S/C19H27NO5/c1-13-8-9-15(11-16(13)17(21)23-5)24-12-14-7-6-10-20(14)18(22)25-19(2,3)4/h8-9,11,14H,6-7,10,12H2,1-5H3/t14-/m0/s1. The second-order valence-electron chi connectivity index (χ2n) is 7.25. The summed E-state index contributed by atoms with van der Waals surface area (Å²) in [5.41, 5.74) is 0.795. The van der Waals surface area contributed by atoms with Gasteiger partial charge in [0.2, 0.25) is 0 Å². The summed E-state index contributed by atoms with van der Waals surface area (Å²) in [5.74, 6) is 0.196. The predicted octanol–water partition coefficient (Wildman–Crippen LogP) is 3.56. The molecule has 6 nitrogen and oxygen atoms in total. The van der Waals surface area contributed by atoms with Gasteiger partial charge in [-0.3, -0.25) is 0 Å². The topological polar surface area (TPSA) is 65.1 Å². The lowest BCUT2D eigenvalue weighted by Crippen LogP contribution is -2.42. The molecular weight excluding hydrogens is 322 g/mol. The zero-order chi connectivity index (χ0) is 18.6. The van der Waals surface area contributed by atoms with Crippen LogP contribution in [0.2, 0.25) is 0 Å². The lowest BCUT2D eigenvalue weighted by Gasteiger charge is -2.28. The van der Waals surface area contributed by atoms with E-state index in [9.17, 15) is 9.59 Å². The van der Waals surface area contributed by atoms with Gasteiger partial charge in [0.1, 0.15) is 18.0 Å². The van der Waals surface area contributed by atoms with Gasteiger partial charge in [0.05, 0.1) is 18.7 Å². The number of likely N-dealkylation sites (tertiary alicyclic amines) is 1. The molecule has 0 unspecified atom stereocenters. The third kappa shape index (κ3) is 5.11. The smallest absolute Gasteiger partial charge is 0.410 e. The molecule has 1 aromatic carbocycles. The summed E-state index contributed by atoms with van der Waals surface area (Å²) in [5, 5.41) is 0. The molecule has 0 aromatic heterocycles. The molecule has 1 fully saturated rings. The molecule has 0 saturated carbocycles. The Morgan fingerprint density at radius 2 is 2.00 bits per heavy atom. The monoisotopic (exact) mass is 349 g/mol. The van der Waals surface area contributed by atoms with Gasteiger partial charge >= 0.3 is 12.1 Å². The fraction of sp³-hybridized carbons (Fsp3) is 0.579. The Morgan fingerprint density at radius 3 is 2.64 bits per heavy atom. The van der Waals surface area contributed by atoms with Crippen LogP contribution in [0.1, 0.15) is 49.5 Å². The highest BCUT2D eigenvalue weighted by Gasteiger charge is 2.32. The Balaban J connectivity index is 2.00. The Kier molecular flexibility index (Phi) is 5.93. The second-order valence-corrected chi connectivity index (χ2v) is 7.25. The van der Waals surface area contributed by atoms with E-state index < -0.39 is 5.60 Å². The van der Waals surface area contributed by atoms with Crippen LogP contribution in [0.5, 0.6) is 5.75 Å². The summed E-state index contributed by atoms with van der Waals surface area (Å²) in [6.07, 6.45) is 1.49. The van der Waals surface area contributed by atoms with E-state index in [0.717, 1.165) is 18.4 Å². The number of carbonyl (C=O) groups is 2. The maximum atomic E-state index is 12.3. The van der Waals surface area contributed by atoms with Gasteiger partial charge in [-0.25, -0.2) is 9.59 Å². The van der Waals surface area contributed by atoms with Crippen molar-refractivity contribution in [1.82, 2.24) is 4.90 Å². The number of methoxy groups -OCH3 is 1. The second kappa shape index (κ2) is 7.76. The number of rotatable bonds is 4. The Hall–Kier alpha value is -2.24. The number of hydrogen-bond donors (Lipinski definition) is 0. The average molecular weight is 349 g/mol. The molecule has 1 aromatic rings. The fourth-order valence-corrected chi connectivity index (χ4v) is 2.78. The van der Waals surface area contributed by atoms with Crippen LogP contribution in [0.15, 0.2) is 18.2 Å². The maximum absolute atomic E-state index is 12.3. The summed E-state index contributed by atoms with van der Waals surface area (Å²) in [4.78, 5) is 25.8. The minimum absolute atomic E-state index is 0.0299. The Labute approximate surface area is 149 Å². The quantitative estimate of drug-likeness (QED) is 0.778. The number of benzene rings is 1. The van der Waals surface area contributed by atoms with Crippen molar-refractivity contribution in [3.8, 4) is 5.75 Å². The molecule has 2 rings (SSSR count). The van der Waals surface area contributed by atoms with Gasteiger partial charge in [-0.15, -0.1) is 0 Å². The van der Waals surface area contributed by atoms with Gasteiger partial charge in [-0.1, -0.05) is 6.07 Å². The van der Waals surface area contributed by atoms with Gasteiger partial charge in [0.25, 0.3) is 0 Å². The van der Waals surface area contributed by atoms with Crippen LogP contribution in [0.4, 0.5) is 4.79 Å². The van der Waals surface area contributed by atoms with Crippen molar-refractivity contribution in [2.75, 3.05) is 20.3 Å². The van der Waals surface area contributed by atoms with Crippen molar-refractivity contribution in [3.63, 3.8) is 0 Å². The van der Waals surface area contributed by atoms with Crippen LogP contribution < -0.4 is 4.74 Å². The zero-order valence-corrected chi connectivity index (χ0v) is 15.6. The van der Waals surface area contributed by atoms with E-state index in [2.05, 4.69) is 0 Å². The molecule has 0 spiro atoms. The number of aryl methyl sites for hydroxylation is 1. The first-order valence-corrected chi connectivity index (χ1v) is 8.52. The third-order valence-corrected chi connectivity index (χ3v) is 4.06. The SMILES string of the molecule is COC(=O)c1cc(OC[C@@H]2CCCN2C(=O)OC(C)(C)C)ccc1C. The molecule has 1 aliphatic rings. The van der Waals surface area contributed by atoms with Crippen molar-refractivity contribution < 1.29 is 23.8 Å². The molecule has 0 radical (unpaired) electrons. The first kappa shape index (κ1) is 19.1. The molecule has 0 aliphatic carbocycles. The average Bonchev–Trinajstić information content (AvgIpc) is 3.00. The van der Waals surface area contributed by atoms with Gasteiger partial charge in [-0.05, 0) is 58.2 Å². The molecule has 1 amide bonds. The van der Waals surface area contributed by atoms with Gasteiger partial charge in [-0.2, -0.15) is 0 Å². The van der Waals surface area contributed by atoms with E-state index in [1.807, 2.05) is 39.8 Å². The van der Waals surface area contributed by atoms with Crippen molar-refractivity contribution in [2.45, 2.75) is 52.2 Å². The summed E-state index contributed by atoms with van der Waals surface area (Å²) in [7, 11) is 1.35. The summed E-state index contributed by atoms with van der Waals surface area (Å²) < 4.78 is 16.1. The Bertz CT molecular complexity index is 635. The van der Waals surface area contributed by atoms with Crippen LogP contribution in [-0.4, -0.2) is 48.9 Å². The van der Waals surface area contributed by atoms with Gasteiger partial charge in [0, 0.05) is 6.54 Å². The molecular formula is C19H27NO5. The number of nitrogens with zero attached hydrogens (tertiary/aromatic N) is 1. The van der Waals surface area contributed by atoms with Crippen LogP contribution in [0.3, 0.4) is 0 Å². The molecule has 138 valence electrons. The van der Waals surface area contributed by atoms with Gasteiger partial charge < -0.3 is 19.1 Å². The summed E-state index contributed by atoms with van der Waals surface area (Å²) >= 11 is 0. The number of esters is 1. The van der Waals surface area contributed by atoms with Crippen molar-refractivity contribution in [2.24, 2.45) is 0 Å². The predicted molar refractivity (Wildman–Crippen MR) is 94.0 cm³/mol. The highest BCUT2D eigenvalue weighted by Crippen LogP contribution is 2.23. The first-order valence-electron chi connectivity index (χ1n) is 8.52. The minimum Gasteiger partial charge on any atom is -0.491 e. The van der Waals surface area contributed by atoms with Crippen molar-refractivity contribution in [3.05, 3.63) is 29.3 Å². The highest BCUT2D eigenvalue weighted by molar-refractivity contribution is 5.91. The lowest BCUT2D eigenvalue weighted by molar-refractivity contribution is 0.0187. The molecule has 0 N–H and O–H groups in total. The largest absolute Gasteiger partial charge is 0.491 e. The van der Waals surface area contributed by atoms with E-state index in [1.165, 1.54) is 7.11 Å². The summed E-state index contributed by atoms with van der Waals surface area (Å²) in [6, 6.07) is 5.28. The lowest BCUT2D eigenvalue weighted by atomic mass is 10.1. The number of carbonyl (C=O) groups excluding carboxylic acids is 2. The molecule has 1 saturated heterocycles. The normalized spacial score (nSPS) is 17.3. The van der Waals surface area contributed by atoms with E-state index in [4.69, 9.17) is 14.2 Å². The number of amides is 1. The van der Waals surface area contributed by atoms with E-state index >= 15 is 0 Å². The molecule has 1 atom stereocenters. The third-order valence-electron chi connectivity index (χ3n) is 4.06. The molecule has 1 heterocycles. The number of hydrogen-bond acceptors (Lipinski definition) is 5. The maximum Gasteiger partial charge on any atom is 0.410 e. The minimum atomic E-state index is -0.516. The molecule has 25 heavy (non-hydrogen) atoms. The van der Waals surface area contributed by atoms with Crippen LogP contribution in [0, 0.1) is 6.92 Å². The van der Waals surface area contributed by atoms with E-state index in [0.29, 0.717) is 24.5 Å². The molecule has 6 heteroatoms. The fourth-order valence-electron chi connectivity index (χ4n) is 2.78. The Morgan fingerprint density at radius 1 is 1.28 bits per heavy atom. The van der Waals surface area contributed by atoms with Crippen molar-refractivity contribution in [1.29, 1.82) is 0 Å². The molecule has 0 bridgehead atoms. The number of ether oxygens (including phenoxy) is 3. The van der Waals surface area contributed by atoms with Crippen LogP contribution >= 0.6 is 0 Å². The first-order chi connectivity index (χ1) is 11.7. The van der Waals surface area contributed by atoms with Crippen LogP contribution in [0.25, 0.3) is 0 Å².